The number of benzene rings is 2. The SMILES string of the molecule is O=C(Cn1nc(N2CCCCCC2)c2ccccc2c1=O)Nc1cccc(Cl)c1. The van der Waals surface area contributed by atoms with Crippen LogP contribution in [0.4, 0.5) is 11.5 Å². The number of carbonyl (C=O) groups excluding carboxylic acids is 1. The van der Waals surface area contributed by atoms with Crippen molar-refractivity contribution >= 4 is 39.8 Å². The number of halogens is 1. The van der Waals surface area contributed by atoms with Crippen molar-refractivity contribution in [2.45, 2.75) is 32.2 Å². The van der Waals surface area contributed by atoms with E-state index in [2.05, 4.69) is 15.3 Å². The van der Waals surface area contributed by atoms with Crippen LogP contribution in [0.2, 0.25) is 5.02 Å². The van der Waals surface area contributed by atoms with E-state index in [1.807, 2.05) is 18.2 Å². The number of hydrogen-bond donors (Lipinski definition) is 1. The van der Waals surface area contributed by atoms with Crippen molar-refractivity contribution < 1.29 is 4.79 Å². The maximum atomic E-state index is 13.0. The minimum Gasteiger partial charge on any atom is -0.355 e. The fraction of sp³-hybridized carbons (Fsp3) is 0.318. The summed E-state index contributed by atoms with van der Waals surface area (Å²) in [7, 11) is 0. The number of nitrogens with zero attached hydrogens (tertiary/aromatic N) is 3. The highest BCUT2D eigenvalue weighted by atomic mass is 35.5. The lowest BCUT2D eigenvalue weighted by atomic mass is 10.1. The number of aromatic nitrogens is 2. The van der Waals surface area contributed by atoms with E-state index in [0.29, 0.717) is 16.1 Å². The third-order valence-corrected chi connectivity index (χ3v) is 5.39. The first-order valence-corrected chi connectivity index (χ1v) is 10.3. The Morgan fingerprint density at radius 1 is 1.00 bits per heavy atom. The van der Waals surface area contributed by atoms with E-state index in [1.165, 1.54) is 17.5 Å². The summed E-state index contributed by atoms with van der Waals surface area (Å²) in [4.78, 5) is 27.7. The predicted octanol–water partition coefficient (Wildman–Crippen LogP) is 4.07. The molecular formula is C22H23ClN4O2. The zero-order valence-corrected chi connectivity index (χ0v) is 16.9. The normalized spacial score (nSPS) is 14.6. The molecular weight excluding hydrogens is 388 g/mol. The lowest BCUT2D eigenvalue weighted by Gasteiger charge is -2.23. The summed E-state index contributed by atoms with van der Waals surface area (Å²) < 4.78 is 1.27. The molecule has 1 amide bonds. The van der Waals surface area contributed by atoms with E-state index in [9.17, 15) is 9.59 Å². The number of carbonyl (C=O) groups is 1. The van der Waals surface area contributed by atoms with Gasteiger partial charge in [-0.3, -0.25) is 9.59 Å². The van der Waals surface area contributed by atoms with Gasteiger partial charge in [0, 0.05) is 29.2 Å². The highest BCUT2D eigenvalue weighted by molar-refractivity contribution is 6.30. The highest BCUT2D eigenvalue weighted by Gasteiger charge is 2.18. The van der Waals surface area contributed by atoms with Crippen molar-refractivity contribution in [1.29, 1.82) is 0 Å². The molecule has 0 unspecified atom stereocenters. The van der Waals surface area contributed by atoms with Gasteiger partial charge in [0.05, 0.1) is 5.39 Å². The van der Waals surface area contributed by atoms with Crippen LogP contribution in [0.1, 0.15) is 25.7 Å². The second-order valence-electron chi connectivity index (χ2n) is 7.29. The predicted molar refractivity (Wildman–Crippen MR) is 117 cm³/mol. The average molecular weight is 411 g/mol. The molecule has 0 atom stereocenters. The fourth-order valence-corrected chi connectivity index (χ4v) is 3.93. The molecule has 1 aliphatic heterocycles. The van der Waals surface area contributed by atoms with Crippen molar-refractivity contribution in [3.63, 3.8) is 0 Å². The number of nitrogens with one attached hydrogen (secondary N) is 1. The van der Waals surface area contributed by atoms with Gasteiger partial charge < -0.3 is 10.2 Å². The number of rotatable bonds is 4. The van der Waals surface area contributed by atoms with Crippen LogP contribution in [0.15, 0.2) is 53.3 Å². The average Bonchev–Trinajstić information content (AvgIpc) is 2.99. The van der Waals surface area contributed by atoms with E-state index < -0.39 is 0 Å². The van der Waals surface area contributed by atoms with E-state index in [1.54, 1.807) is 30.3 Å². The standard InChI is InChI=1S/C22H23ClN4O2/c23-16-8-7-9-17(14-16)24-20(28)15-27-22(29)19-11-4-3-10-18(19)21(25-27)26-12-5-1-2-6-13-26/h3-4,7-11,14H,1-2,5-6,12-13,15H2,(H,24,28). The number of anilines is 2. The van der Waals surface area contributed by atoms with Crippen LogP contribution in [0.25, 0.3) is 10.8 Å². The van der Waals surface area contributed by atoms with E-state index in [4.69, 9.17) is 11.6 Å². The quantitative estimate of drug-likeness (QED) is 0.704. The smallest absolute Gasteiger partial charge is 0.275 e. The zero-order chi connectivity index (χ0) is 20.2. The van der Waals surface area contributed by atoms with Gasteiger partial charge in [-0.1, -0.05) is 48.7 Å². The molecule has 1 aromatic heterocycles. The second-order valence-corrected chi connectivity index (χ2v) is 7.73. The summed E-state index contributed by atoms with van der Waals surface area (Å²) in [6.45, 7) is 1.66. The topological polar surface area (TPSA) is 67.2 Å². The van der Waals surface area contributed by atoms with Gasteiger partial charge in [0.2, 0.25) is 5.91 Å². The van der Waals surface area contributed by atoms with Crippen LogP contribution in [-0.2, 0) is 11.3 Å². The molecule has 2 aromatic carbocycles. The number of hydrogen-bond acceptors (Lipinski definition) is 4. The van der Waals surface area contributed by atoms with Crippen molar-refractivity contribution in [2.24, 2.45) is 0 Å². The summed E-state index contributed by atoms with van der Waals surface area (Å²) in [6.07, 6.45) is 4.61. The molecule has 7 heteroatoms. The third-order valence-electron chi connectivity index (χ3n) is 5.16. The van der Waals surface area contributed by atoms with Crippen LogP contribution in [0.5, 0.6) is 0 Å². The third kappa shape index (κ3) is 4.43. The van der Waals surface area contributed by atoms with E-state index in [0.717, 1.165) is 37.1 Å². The van der Waals surface area contributed by atoms with Gasteiger partial charge >= 0.3 is 0 Å². The Morgan fingerprint density at radius 3 is 2.45 bits per heavy atom. The summed E-state index contributed by atoms with van der Waals surface area (Å²) in [5.41, 5.74) is 0.324. The molecule has 4 rings (SSSR count). The molecule has 6 nitrogen and oxygen atoms in total. The molecule has 2 heterocycles. The van der Waals surface area contributed by atoms with E-state index in [-0.39, 0.29) is 18.0 Å². The van der Waals surface area contributed by atoms with Crippen molar-refractivity contribution in [3.8, 4) is 0 Å². The summed E-state index contributed by atoms with van der Waals surface area (Å²) in [6, 6.07) is 14.4. The molecule has 0 radical (unpaired) electrons. The van der Waals surface area contributed by atoms with Crippen LogP contribution >= 0.6 is 11.6 Å². The van der Waals surface area contributed by atoms with Gasteiger partial charge in [0.15, 0.2) is 5.82 Å². The van der Waals surface area contributed by atoms with Gasteiger partial charge in [-0.05, 0) is 37.1 Å². The molecule has 150 valence electrons. The van der Waals surface area contributed by atoms with Crippen LogP contribution in [-0.4, -0.2) is 28.8 Å². The van der Waals surface area contributed by atoms with Crippen molar-refractivity contribution in [2.75, 3.05) is 23.3 Å². The minimum absolute atomic E-state index is 0.156. The van der Waals surface area contributed by atoms with Gasteiger partial charge in [-0.15, -0.1) is 0 Å². The first kappa shape index (κ1) is 19.5. The lowest BCUT2D eigenvalue weighted by Crippen LogP contribution is -2.33. The molecule has 3 aromatic rings. The maximum Gasteiger partial charge on any atom is 0.275 e. The summed E-state index contributed by atoms with van der Waals surface area (Å²) >= 11 is 5.97. The van der Waals surface area contributed by atoms with Gasteiger partial charge in [-0.25, -0.2) is 4.68 Å². The number of fused-ring (bicyclic) bond motifs is 1. The number of amides is 1. The second kappa shape index (κ2) is 8.66. The van der Waals surface area contributed by atoms with E-state index >= 15 is 0 Å². The summed E-state index contributed by atoms with van der Waals surface area (Å²) in [5.74, 6) is 0.455. The molecule has 0 spiro atoms. The Hall–Kier alpha value is -2.86. The Balaban J connectivity index is 1.67. The maximum absolute atomic E-state index is 13.0. The highest BCUT2D eigenvalue weighted by Crippen LogP contribution is 2.24. The van der Waals surface area contributed by atoms with Crippen molar-refractivity contribution in [1.82, 2.24) is 9.78 Å². The Morgan fingerprint density at radius 2 is 1.72 bits per heavy atom. The largest absolute Gasteiger partial charge is 0.355 e. The molecule has 0 saturated carbocycles. The van der Waals surface area contributed by atoms with Crippen molar-refractivity contribution in [3.05, 3.63) is 63.9 Å². The first-order chi connectivity index (χ1) is 14.1. The Kier molecular flexibility index (Phi) is 5.81. The fourth-order valence-electron chi connectivity index (χ4n) is 3.74. The Bertz CT molecular complexity index is 1090. The van der Waals surface area contributed by atoms with Crippen LogP contribution < -0.4 is 15.8 Å². The molecule has 0 aliphatic carbocycles. The lowest BCUT2D eigenvalue weighted by molar-refractivity contribution is -0.117. The molecule has 1 saturated heterocycles. The molecule has 29 heavy (non-hydrogen) atoms. The molecule has 1 fully saturated rings. The molecule has 0 bridgehead atoms. The summed E-state index contributed by atoms with van der Waals surface area (Å²) in [5, 5.41) is 9.34. The van der Waals surface area contributed by atoms with Gasteiger partial charge in [0.1, 0.15) is 6.54 Å². The van der Waals surface area contributed by atoms with Crippen LogP contribution in [0.3, 0.4) is 0 Å². The van der Waals surface area contributed by atoms with Gasteiger partial charge in [-0.2, -0.15) is 5.10 Å². The Labute approximate surface area is 174 Å². The zero-order valence-electron chi connectivity index (χ0n) is 16.1. The van der Waals surface area contributed by atoms with Gasteiger partial charge in [0.25, 0.3) is 5.56 Å². The minimum atomic E-state index is -0.320. The molecule has 1 N–H and O–H groups in total. The van der Waals surface area contributed by atoms with Crippen LogP contribution in [0, 0.1) is 0 Å². The molecule has 1 aliphatic rings. The first-order valence-electron chi connectivity index (χ1n) is 9.92. The monoisotopic (exact) mass is 410 g/mol.